The predicted octanol–water partition coefficient (Wildman–Crippen LogP) is 2.82. The number of nitrogens with zero attached hydrogens (tertiary/aromatic N) is 3. The molecule has 26 heavy (non-hydrogen) atoms. The van der Waals surface area contributed by atoms with E-state index in [1.54, 1.807) is 18.4 Å². The topological polar surface area (TPSA) is 69.6 Å². The van der Waals surface area contributed by atoms with E-state index in [1.807, 2.05) is 50.1 Å². The lowest BCUT2D eigenvalue weighted by Gasteiger charge is -2.21. The number of carbonyl (C=O) groups is 1. The normalized spacial score (nSPS) is 10.8. The summed E-state index contributed by atoms with van der Waals surface area (Å²) in [6, 6.07) is 7.56. The lowest BCUT2D eigenvalue weighted by molar-refractivity contribution is 0.0954. The standard InChI is InChI=1S/C18H25N5OS.HI/c1-13-6-5-7-15(10-13)17(24)20-8-9-21-18(19-3)23(4)11-16-12-25-14(2)22-16;/h5-7,10,12H,8-9,11H2,1-4H3,(H,19,21)(H,20,24);1H. The van der Waals surface area contributed by atoms with Crippen molar-refractivity contribution in [1.82, 2.24) is 20.5 Å². The number of halogens is 1. The van der Waals surface area contributed by atoms with Crippen LogP contribution >= 0.6 is 35.3 Å². The van der Waals surface area contributed by atoms with E-state index < -0.39 is 0 Å². The number of nitrogens with one attached hydrogen (secondary N) is 2. The van der Waals surface area contributed by atoms with Crippen molar-refractivity contribution in [2.75, 3.05) is 27.2 Å². The minimum absolute atomic E-state index is 0. The summed E-state index contributed by atoms with van der Waals surface area (Å²) in [6.45, 7) is 5.79. The number of amides is 1. The van der Waals surface area contributed by atoms with Crippen LogP contribution in [0.2, 0.25) is 0 Å². The third kappa shape index (κ3) is 6.91. The zero-order chi connectivity index (χ0) is 18.2. The maximum atomic E-state index is 12.1. The summed E-state index contributed by atoms with van der Waals surface area (Å²) in [5.41, 5.74) is 2.78. The molecule has 2 rings (SSSR count). The van der Waals surface area contributed by atoms with Gasteiger partial charge in [-0.05, 0) is 26.0 Å². The molecule has 1 aromatic heterocycles. The van der Waals surface area contributed by atoms with Gasteiger partial charge in [-0.2, -0.15) is 0 Å². The van der Waals surface area contributed by atoms with Crippen molar-refractivity contribution >= 4 is 47.2 Å². The molecule has 6 nitrogen and oxygen atoms in total. The molecule has 0 radical (unpaired) electrons. The van der Waals surface area contributed by atoms with Crippen LogP contribution in [0.5, 0.6) is 0 Å². The van der Waals surface area contributed by atoms with Gasteiger partial charge in [0.15, 0.2) is 5.96 Å². The number of aliphatic imine (C=N–C) groups is 1. The molecule has 0 aliphatic carbocycles. The van der Waals surface area contributed by atoms with Crippen LogP contribution in [-0.4, -0.2) is 48.9 Å². The van der Waals surface area contributed by atoms with E-state index in [-0.39, 0.29) is 29.9 Å². The summed E-state index contributed by atoms with van der Waals surface area (Å²) in [5.74, 6) is 0.710. The van der Waals surface area contributed by atoms with Gasteiger partial charge in [0, 0.05) is 38.1 Å². The highest BCUT2D eigenvalue weighted by atomic mass is 127. The molecular formula is C18H26IN5OS. The second-order valence-electron chi connectivity index (χ2n) is 5.81. The van der Waals surface area contributed by atoms with E-state index >= 15 is 0 Å². The molecule has 1 heterocycles. The fraction of sp³-hybridized carbons (Fsp3) is 0.389. The number of aromatic nitrogens is 1. The number of guanidine groups is 1. The molecule has 0 unspecified atom stereocenters. The third-order valence-electron chi connectivity index (χ3n) is 3.61. The number of hydrogen-bond donors (Lipinski definition) is 2. The number of thiazole rings is 1. The van der Waals surface area contributed by atoms with Crippen molar-refractivity contribution in [3.05, 3.63) is 51.5 Å². The third-order valence-corrected chi connectivity index (χ3v) is 4.44. The molecule has 0 fully saturated rings. The fourth-order valence-electron chi connectivity index (χ4n) is 2.42. The van der Waals surface area contributed by atoms with Crippen molar-refractivity contribution in [3.63, 3.8) is 0 Å². The molecule has 0 spiro atoms. The molecule has 0 aliphatic rings. The van der Waals surface area contributed by atoms with Gasteiger partial charge >= 0.3 is 0 Å². The van der Waals surface area contributed by atoms with Gasteiger partial charge in [-0.1, -0.05) is 17.7 Å². The minimum atomic E-state index is -0.0632. The van der Waals surface area contributed by atoms with Gasteiger partial charge in [0.1, 0.15) is 0 Å². The molecule has 1 amide bonds. The van der Waals surface area contributed by atoms with Crippen LogP contribution in [-0.2, 0) is 6.54 Å². The molecule has 0 saturated heterocycles. The van der Waals surface area contributed by atoms with Gasteiger partial charge in [0.2, 0.25) is 0 Å². The van der Waals surface area contributed by atoms with Crippen molar-refractivity contribution in [2.45, 2.75) is 20.4 Å². The second-order valence-corrected chi connectivity index (χ2v) is 6.88. The lowest BCUT2D eigenvalue weighted by Crippen LogP contribution is -2.42. The number of rotatable bonds is 6. The zero-order valence-corrected chi connectivity index (χ0v) is 18.7. The van der Waals surface area contributed by atoms with Crippen molar-refractivity contribution in [2.24, 2.45) is 4.99 Å². The number of aryl methyl sites for hydroxylation is 2. The first-order chi connectivity index (χ1) is 12.0. The molecule has 0 atom stereocenters. The summed E-state index contributed by atoms with van der Waals surface area (Å²) in [5, 5.41) is 9.28. The maximum Gasteiger partial charge on any atom is 0.251 e. The Balaban J connectivity index is 0.00000338. The van der Waals surface area contributed by atoms with Crippen LogP contribution in [0.4, 0.5) is 0 Å². The first-order valence-corrected chi connectivity index (χ1v) is 9.05. The summed E-state index contributed by atoms with van der Waals surface area (Å²) in [7, 11) is 3.71. The summed E-state index contributed by atoms with van der Waals surface area (Å²) >= 11 is 1.64. The molecule has 142 valence electrons. The number of benzene rings is 1. The molecular weight excluding hydrogens is 461 g/mol. The van der Waals surface area contributed by atoms with Gasteiger partial charge in [-0.3, -0.25) is 9.79 Å². The largest absolute Gasteiger partial charge is 0.354 e. The highest BCUT2D eigenvalue weighted by molar-refractivity contribution is 14.0. The molecule has 0 aliphatic heterocycles. The average Bonchev–Trinajstić information content (AvgIpc) is 2.99. The van der Waals surface area contributed by atoms with Crippen LogP contribution < -0.4 is 10.6 Å². The Bertz CT molecular complexity index is 747. The minimum Gasteiger partial charge on any atom is -0.354 e. The van der Waals surface area contributed by atoms with E-state index in [4.69, 9.17) is 0 Å². The van der Waals surface area contributed by atoms with Crippen molar-refractivity contribution in [1.29, 1.82) is 0 Å². The van der Waals surface area contributed by atoms with E-state index in [9.17, 15) is 4.79 Å². The first kappa shape index (κ1) is 22.4. The highest BCUT2D eigenvalue weighted by Gasteiger charge is 2.09. The Kier molecular flexibility index (Phi) is 9.57. The van der Waals surface area contributed by atoms with E-state index in [1.165, 1.54) is 0 Å². The summed E-state index contributed by atoms with van der Waals surface area (Å²) < 4.78 is 0. The van der Waals surface area contributed by atoms with Crippen LogP contribution in [0.1, 0.15) is 26.6 Å². The Morgan fingerprint density at radius 2 is 2.00 bits per heavy atom. The quantitative estimate of drug-likeness (QED) is 0.285. The van der Waals surface area contributed by atoms with Crippen LogP contribution in [0, 0.1) is 13.8 Å². The van der Waals surface area contributed by atoms with Crippen molar-refractivity contribution < 1.29 is 4.79 Å². The highest BCUT2D eigenvalue weighted by Crippen LogP contribution is 2.09. The Hall–Kier alpha value is -1.68. The molecule has 8 heteroatoms. The summed E-state index contributed by atoms with van der Waals surface area (Å²) in [6.07, 6.45) is 0. The Labute approximate surface area is 176 Å². The van der Waals surface area contributed by atoms with Gasteiger partial charge in [-0.15, -0.1) is 35.3 Å². The van der Waals surface area contributed by atoms with Gasteiger partial charge in [0.25, 0.3) is 5.91 Å². The van der Waals surface area contributed by atoms with Crippen LogP contribution in [0.3, 0.4) is 0 Å². The SMILES string of the molecule is CN=C(NCCNC(=O)c1cccc(C)c1)N(C)Cc1csc(C)n1.I. The number of hydrogen-bond acceptors (Lipinski definition) is 4. The lowest BCUT2D eigenvalue weighted by atomic mass is 10.1. The zero-order valence-electron chi connectivity index (χ0n) is 15.6. The Morgan fingerprint density at radius 1 is 1.27 bits per heavy atom. The molecule has 2 N–H and O–H groups in total. The monoisotopic (exact) mass is 487 g/mol. The maximum absolute atomic E-state index is 12.1. The molecule has 2 aromatic rings. The van der Waals surface area contributed by atoms with Crippen molar-refractivity contribution in [3.8, 4) is 0 Å². The van der Waals surface area contributed by atoms with Gasteiger partial charge < -0.3 is 15.5 Å². The fourth-order valence-corrected chi connectivity index (χ4v) is 3.03. The molecule has 0 bridgehead atoms. The molecule has 0 saturated carbocycles. The predicted molar refractivity (Wildman–Crippen MR) is 119 cm³/mol. The van der Waals surface area contributed by atoms with Gasteiger partial charge in [-0.25, -0.2) is 4.98 Å². The smallest absolute Gasteiger partial charge is 0.251 e. The average molecular weight is 487 g/mol. The summed E-state index contributed by atoms with van der Waals surface area (Å²) in [4.78, 5) is 22.8. The molecule has 1 aromatic carbocycles. The second kappa shape index (κ2) is 11.1. The van der Waals surface area contributed by atoms with E-state index in [2.05, 4.69) is 26.0 Å². The van der Waals surface area contributed by atoms with Gasteiger partial charge in [0.05, 0.1) is 17.2 Å². The number of carbonyl (C=O) groups excluding carboxylic acids is 1. The van der Waals surface area contributed by atoms with Crippen LogP contribution in [0.15, 0.2) is 34.6 Å². The first-order valence-electron chi connectivity index (χ1n) is 8.17. The van der Waals surface area contributed by atoms with E-state index in [0.717, 1.165) is 22.2 Å². The van der Waals surface area contributed by atoms with Crippen LogP contribution in [0.25, 0.3) is 0 Å². The van der Waals surface area contributed by atoms with E-state index in [0.29, 0.717) is 25.2 Å². The Morgan fingerprint density at radius 3 is 2.62 bits per heavy atom.